The molecule has 0 aliphatic heterocycles. The lowest BCUT2D eigenvalue weighted by atomic mass is 9.85. The summed E-state index contributed by atoms with van der Waals surface area (Å²) < 4.78 is 0. The van der Waals surface area contributed by atoms with Crippen molar-refractivity contribution in [2.24, 2.45) is 0 Å². The Hall–Kier alpha value is -1.46. The number of nitrogens with one attached hydrogen (secondary N) is 1. The first-order valence-electron chi connectivity index (χ1n) is 5.93. The first kappa shape index (κ1) is 14.6. The molecule has 0 spiro atoms. The molecule has 5 nitrogen and oxygen atoms in total. The number of hydrogen-bond acceptors (Lipinski definition) is 4. The minimum Gasteiger partial charge on any atom is -0.481 e. The SMILES string of the molecule is CC(C)(CNCC(O)CC(=O)O)c1cccnc1. The standard InChI is InChI=1S/C13H20N2O3/c1-13(2,10-4-3-5-14-7-10)9-15-8-11(16)6-12(17)18/h3-5,7,11,15-16H,6,8-9H2,1-2H3,(H,17,18). The monoisotopic (exact) mass is 252 g/mol. The summed E-state index contributed by atoms with van der Waals surface area (Å²) in [4.78, 5) is 14.5. The molecule has 1 unspecified atom stereocenters. The van der Waals surface area contributed by atoms with Gasteiger partial charge in [0, 0.05) is 30.9 Å². The smallest absolute Gasteiger partial charge is 0.306 e. The van der Waals surface area contributed by atoms with Gasteiger partial charge in [-0.25, -0.2) is 0 Å². The molecule has 0 aliphatic carbocycles. The van der Waals surface area contributed by atoms with Crippen LogP contribution in [-0.4, -0.2) is 40.4 Å². The van der Waals surface area contributed by atoms with E-state index in [1.54, 1.807) is 6.20 Å². The summed E-state index contributed by atoms with van der Waals surface area (Å²) in [5.41, 5.74) is 0.988. The van der Waals surface area contributed by atoms with Gasteiger partial charge >= 0.3 is 5.97 Å². The van der Waals surface area contributed by atoms with E-state index in [4.69, 9.17) is 5.11 Å². The molecule has 0 saturated carbocycles. The van der Waals surface area contributed by atoms with Crippen LogP contribution in [0.4, 0.5) is 0 Å². The minimum atomic E-state index is -0.990. The molecule has 1 atom stereocenters. The van der Waals surface area contributed by atoms with Crippen molar-refractivity contribution in [2.45, 2.75) is 31.8 Å². The van der Waals surface area contributed by atoms with Crippen LogP contribution in [0.15, 0.2) is 24.5 Å². The van der Waals surface area contributed by atoms with E-state index in [0.29, 0.717) is 6.54 Å². The molecular weight excluding hydrogens is 232 g/mol. The Morgan fingerprint density at radius 3 is 2.83 bits per heavy atom. The summed E-state index contributed by atoms with van der Waals surface area (Å²) in [6.45, 7) is 5.06. The normalized spacial score (nSPS) is 13.3. The number of rotatable bonds is 7. The van der Waals surface area contributed by atoms with Gasteiger partial charge < -0.3 is 15.5 Å². The maximum Gasteiger partial charge on any atom is 0.306 e. The van der Waals surface area contributed by atoms with E-state index in [0.717, 1.165) is 5.56 Å². The van der Waals surface area contributed by atoms with Gasteiger partial charge in [-0.15, -0.1) is 0 Å². The van der Waals surface area contributed by atoms with Gasteiger partial charge in [0.25, 0.3) is 0 Å². The number of carboxylic acids is 1. The van der Waals surface area contributed by atoms with Gasteiger partial charge in [0.1, 0.15) is 0 Å². The summed E-state index contributed by atoms with van der Waals surface area (Å²) >= 11 is 0. The minimum absolute atomic E-state index is 0.114. The lowest BCUT2D eigenvalue weighted by Crippen LogP contribution is -2.37. The lowest BCUT2D eigenvalue weighted by molar-refractivity contribution is -0.139. The van der Waals surface area contributed by atoms with Crippen LogP contribution in [0.2, 0.25) is 0 Å². The maximum atomic E-state index is 10.4. The molecule has 0 aliphatic rings. The van der Waals surface area contributed by atoms with Crippen molar-refractivity contribution in [1.29, 1.82) is 0 Å². The Morgan fingerprint density at radius 1 is 1.56 bits per heavy atom. The molecule has 1 heterocycles. The zero-order valence-corrected chi connectivity index (χ0v) is 10.8. The van der Waals surface area contributed by atoms with E-state index in [1.165, 1.54) is 0 Å². The number of carbonyl (C=O) groups is 1. The predicted molar refractivity (Wildman–Crippen MR) is 68.4 cm³/mol. The van der Waals surface area contributed by atoms with E-state index >= 15 is 0 Å². The van der Waals surface area contributed by atoms with Crippen molar-refractivity contribution in [1.82, 2.24) is 10.3 Å². The van der Waals surface area contributed by atoms with Gasteiger partial charge in [-0.1, -0.05) is 19.9 Å². The summed E-state index contributed by atoms with van der Waals surface area (Å²) in [6.07, 6.45) is 2.45. The van der Waals surface area contributed by atoms with E-state index < -0.39 is 12.1 Å². The molecule has 1 aromatic heterocycles. The molecule has 100 valence electrons. The second kappa shape index (κ2) is 6.47. The summed E-state index contributed by atoms with van der Waals surface area (Å²) in [5, 5.41) is 21.0. The van der Waals surface area contributed by atoms with Crippen LogP contribution in [0.25, 0.3) is 0 Å². The molecule has 0 saturated heterocycles. The maximum absolute atomic E-state index is 10.4. The van der Waals surface area contributed by atoms with Crippen LogP contribution in [0.3, 0.4) is 0 Å². The van der Waals surface area contributed by atoms with Crippen LogP contribution < -0.4 is 5.32 Å². The number of aromatic nitrogens is 1. The Kier molecular flexibility index (Phi) is 5.25. The summed E-state index contributed by atoms with van der Waals surface area (Å²) in [5.74, 6) is -0.990. The first-order chi connectivity index (χ1) is 8.42. The summed E-state index contributed by atoms with van der Waals surface area (Å²) in [6, 6.07) is 3.89. The van der Waals surface area contributed by atoms with Gasteiger partial charge in [-0.2, -0.15) is 0 Å². The zero-order valence-electron chi connectivity index (χ0n) is 10.8. The number of pyridine rings is 1. The van der Waals surface area contributed by atoms with E-state index in [9.17, 15) is 9.90 Å². The van der Waals surface area contributed by atoms with Gasteiger partial charge in [0.2, 0.25) is 0 Å². The average Bonchev–Trinajstić information content (AvgIpc) is 2.29. The lowest BCUT2D eigenvalue weighted by Gasteiger charge is -2.25. The number of aliphatic carboxylic acids is 1. The van der Waals surface area contributed by atoms with Crippen molar-refractivity contribution in [3.05, 3.63) is 30.1 Å². The van der Waals surface area contributed by atoms with Gasteiger partial charge in [0.05, 0.1) is 12.5 Å². The molecule has 3 N–H and O–H groups in total. The molecule has 0 amide bonds. The third kappa shape index (κ3) is 4.81. The van der Waals surface area contributed by atoms with Crippen LogP contribution >= 0.6 is 0 Å². The Bertz CT molecular complexity index is 379. The summed E-state index contributed by atoms with van der Waals surface area (Å²) in [7, 11) is 0. The number of nitrogens with zero attached hydrogens (tertiary/aromatic N) is 1. The fraction of sp³-hybridized carbons (Fsp3) is 0.538. The fourth-order valence-corrected chi connectivity index (χ4v) is 1.69. The predicted octanol–water partition coefficient (Wildman–Crippen LogP) is 0.784. The van der Waals surface area contributed by atoms with E-state index in [1.807, 2.05) is 18.3 Å². The van der Waals surface area contributed by atoms with Crippen LogP contribution in [0, 0.1) is 0 Å². The molecule has 18 heavy (non-hydrogen) atoms. The van der Waals surface area contributed by atoms with Crippen LogP contribution in [0.1, 0.15) is 25.8 Å². The van der Waals surface area contributed by atoms with Crippen LogP contribution in [-0.2, 0) is 10.2 Å². The highest BCUT2D eigenvalue weighted by Crippen LogP contribution is 2.20. The number of aliphatic hydroxyl groups is 1. The van der Waals surface area contributed by atoms with E-state index in [-0.39, 0.29) is 18.4 Å². The quantitative estimate of drug-likeness (QED) is 0.668. The molecule has 0 radical (unpaired) electrons. The number of aliphatic hydroxyl groups excluding tert-OH is 1. The highest BCUT2D eigenvalue weighted by atomic mass is 16.4. The molecule has 1 aromatic rings. The number of hydrogen-bond donors (Lipinski definition) is 3. The van der Waals surface area contributed by atoms with Crippen molar-refractivity contribution >= 4 is 5.97 Å². The Morgan fingerprint density at radius 2 is 2.28 bits per heavy atom. The topological polar surface area (TPSA) is 82.5 Å². The molecule has 0 bridgehead atoms. The zero-order chi connectivity index (χ0) is 13.6. The second-order valence-electron chi connectivity index (χ2n) is 5.01. The van der Waals surface area contributed by atoms with Crippen LogP contribution in [0.5, 0.6) is 0 Å². The van der Waals surface area contributed by atoms with Crippen molar-refractivity contribution in [3.63, 3.8) is 0 Å². The highest BCUT2D eigenvalue weighted by molar-refractivity contribution is 5.67. The highest BCUT2D eigenvalue weighted by Gasteiger charge is 2.20. The van der Waals surface area contributed by atoms with Crippen molar-refractivity contribution in [2.75, 3.05) is 13.1 Å². The van der Waals surface area contributed by atoms with Crippen molar-refractivity contribution in [3.8, 4) is 0 Å². The first-order valence-corrected chi connectivity index (χ1v) is 5.93. The molecule has 1 rings (SSSR count). The molecule has 5 heteroatoms. The third-order valence-corrected chi connectivity index (χ3v) is 2.80. The number of carboxylic acid groups (broad SMARTS) is 1. The van der Waals surface area contributed by atoms with E-state index in [2.05, 4.69) is 24.1 Å². The Balaban J connectivity index is 2.41. The molecule has 0 aromatic carbocycles. The largest absolute Gasteiger partial charge is 0.481 e. The van der Waals surface area contributed by atoms with Gasteiger partial charge in [0.15, 0.2) is 0 Å². The Labute approximate surface area is 107 Å². The fourth-order valence-electron chi connectivity index (χ4n) is 1.69. The third-order valence-electron chi connectivity index (χ3n) is 2.80. The van der Waals surface area contributed by atoms with Gasteiger partial charge in [-0.05, 0) is 11.6 Å². The average molecular weight is 252 g/mol. The van der Waals surface area contributed by atoms with Crippen molar-refractivity contribution < 1.29 is 15.0 Å². The molecular formula is C13H20N2O3. The van der Waals surface area contributed by atoms with Gasteiger partial charge in [-0.3, -0.25) is 9.78 Å². The molecule has 0 fully saturated rings. The second-order valence-corrected chi connectivity index (χ2v) is 5.01.